The Kier molecular flexibility index (Phi) is 5.87. The van der Waals surface area contributed by atoms with Crippen molar-refractivity contribution in [1.82, 2.24) is 9.97 Å². The van der Waals surface area contributed by atoms with E-state index in [1.54, 1.807) is 37.3 Å². The van der Waals surface area contributed by atoms with E-state index in [2.05, 4.69) is 26.7 Å². The van der Waals surface area contributed by atoms with Crippen LogP contribution < -0.4 is 10.6 Å². The number of hydrogen-bond acceptors (Lipinski definition) is 6. The molecule has 0 atom stereocenters. The average molecular weight is 390 g/mol. The summed E-state index contributed by atoms with van der Waals surface area (Å²) < 4.78 is 4.76. The molecule has 3 rings (SSSR count). The highest BCUT2D eigenvalue weighted by Crippen LogP contribution is 2.21. The van der Waals surface area contributed by atoms with Crippen LogP contribution in [0.5, 0.6) is 0 Å². The Bertz CT molecular complexity index is 1080. The summed E-state index contributed by atoms with van der Waals surface area (Å²) in [5.74, 6) is -0.657. The number of aryl methyl sites for hydroxylation is 3. The monoisotopic (exact) mass is 390 g/mol. The van der Waals surface area contributed by atoms with Crippen LogP contribution >= 0.6 is 0 Å². The lowest BCUT2D eigenvalue weighted by Crippen LogP contribution is -2.18. The Hall–Kier alpha value is -3.74. The van der Waals surface area contributed by atoms with Crippen LogP contribution in [0, 0.1) is 20.8 Å². The van der Waals surface area contributed by atoms with Gasteiger partial charge in [-0.05, 0) is 50.6 Å². The normalized spacial score (nSPS) is 10.3. The third-order valence-electron chi connectivity index (χ3n) is 4.30. The summed E-state index contributed by atoms with van der Waals surface area (Å²) in [6.45, 7) is 5.80. The molecule has 0 aliphatic heterocycles. The lowest BCUT2D eigenvalue weighted by atomic mass is 10.1. The zero-order valence-corrected chi connectivity index (χ0v) is 16.7. The van der Waals surface area contributed by atoms with Gasteiger partial charge >= 0.3 is 5.97 Å². The number of aromatic nitrogens is 2. The highest BCUT2D eigenvalue weighted by molar-refractivity contribution is 6.07. The van der Waals surface area contributed by atoms with E-state index in [1.165, 1.54) is 7.11 Å². The van der Waals surface area contributed by atoms with E-state index in [9.17, 15) is 9.59 Å². The van der Waals surface area contributed by atoms with Crippen molar-refractivity contribution >= 4 is 29.2 Å². The summed E-state index contributed by atoms with van der Waals surface area (Å²) in [6, 6.07) is 14.2. The van der Waals surface area contributed by atoms with Gasteiger partial charge in [-0.15, -0.1) is 0 Å². The molecule has 0 bridgehead atoms. The van der Waals surface area contributed by atoms with E-state index in [4.69, 9.17) is 4.74 Å². The molecule has 1 heterocycles. The Morgan fingerprint density at radius 1 is 0.931 bits per heavy atom. The number of nitrogens with one attached hydrogen (secondary N) is 2. The van der Waals surface area contributed by atoms with Crippen molar-refractivity contribution in [2.24, 2.45) is 0 Å². The number of amides is 1. The predicted molar refractivity (Wildman–Crippen MR) is 112 cm³/mol. The van der Waals surface area contributed by atoms with Gasteiger partial charge in [-0.1, -0.05) is 29.8 Å². The first-order valence-corrected chi connectivity index (χ1v) is 9.06. The maximum Gasteiger partial charge on any atom is 0.339 e. The number of methoxy groups -OCH3 is 1. The molecule has 0 spiro atoms. The first kappa shape index (κ1) is 20.0. The molecular weight excluding hydrogens is 368 g/mol. The maximum absolute atomic E-state index is 12.8. The largest absolute Gasteiger partial charge is 0.465 e. The van der Waals surface area contributed by atoms with Crippen LogP contribution in [-0.4, -0.2) is 29.0 Å². The van der Waals surface area contributed by atoms with E-state index in [-0.39, 0.29) is 11.3 Å². The number of nitrogens with zero attached hydrogens (tertiary/aromatic N) is 2. The Morgan fingerprint density at radius 2 is 1.69 bits per heavy atom. The van der Waals surface area contributed by atoms with Gasteiger partial charge in [0.15, 0.2) is 0 Å². The van der Waals surface area contributed by atoms with E-state index in [0.717, 1.165) is 16.8 Å². The summed E-state index contributed by atoms with van der Waals surface area (Å²) in [6.07, 6.45) is 0. The van der Waals surface area contributed by atoms with Crippen molar-refractivity contribution in [2.45, 2.75) is 20.8 Å². The maximum atomic E-state index is 12.8. The fourth-order valence-corrected chi connectivity index (χ4v) is 2.88. The van der Waals surface area contributed by atoms with Crippen molar-refractivity contribution in [1.29, 1.82) is 0 Å². The Balaban J connectivity index is 1.86. The van der Waals surface area contributed by atoms with Gasteiger partial charge in [0.2, 0.25) is 5.95 Å². The molecule has 7 heteroatoms. The van der Waals surface area contributed by atoms with Crippen LogP contribution in [0.4, 0.5) is 17.3 Å². The highest BCUT2D eigenvalue weighted by Gasteiger charge is 2.16. The van der Waals surface area contributed by atoms with E-state index in [1.807, 2.05) is 26.0 Å². The zero-order chi connectivity index (χ0) is 21.0. The first-order valence-electron chi connectivity index (χ1n) is 9.06. The predicted octanol–water partition coefficient (Wildman–Crippen LogP) is 4.18. The molecule has 7 nitrogen and oxygen atoms in total. The molecule has 1 aromatic heterocycles. The van der Waals surface area contributed by atoms with Gasteiger partial charge in [-0.3, -0.25) is 4.79 Å². The van der Waals surface area contributed by atoms with E-state index < -0.39 is 11.9 Å². The number of carbonyl (C=O) groups excluding carboxylic acids is 2. The summed E-state index contributed by atoms with van der Waals surface area (Å²) in [7, 11) is 1.29. The molecule has 3 aromatic rings. The fraction of sp³-hybridized carbons (Fsp3) is 0.182. The van der Waals surface area contributed by atoms with Crippen molar-refractivity contribution < 1.29 is 14.3 Å². The van der Waals surface area contributed by atoms with Gasteiger partial charge in [0.05, 0.1) is 18.4 Å². The van der Waals surface area contributed by atoms with Crippen LogP contribution in [0.15, 0.2) is 48.5 Å². The number of hydrogen-bond donors (Lipinski definition) is 2. The number of anilines is 3. The molecule has 0 unspecified atom stereocenters. The van der Waals surface area contributed by atoms with Crippen molar-refractivity contribution in [2.75, 3.05) is 17.7 Å². The number of carbonyl (C=O) groups is 2. The molecule has 1 amide bonds. The fourth-order valence-electron chi connectivity index (χ4n) is 2.88. The first-order chi connectivity index (χ1) is 13.9. The van der Waals surface area contributed by atoms with Crippen molar-refractivity contribution in [3.63, 3.8) is 0 Å². The number of esters is 1. The second-order valence-electron chi connectivity index (χ2n) is 6.65. The third-order valence-corrected chi connectivity index (χ3v) is 4.30. The molecule has 0 saturated heterocycles. The molecule has 148 valence electrons. The minimum absolute atomic E-state index is 0.185. The highest BCUT2D eigenvalue weighted by atomic mass is 16.5. The van der Waals surface area contributed by atoms with Crippen LogP contribution in [0.25, 0.3) is 0 Å². The molecule has 2 aromatic carbocycles. The molecule has 0 aliphatic carbocycles. The van der Waals surface area contributed by atoms with E-state index >= 15 is 0 Å². The zero-order valence-electron chi connectivity index (χ0n) is 16.7. The molecule has 0 aliphatic rings. The summed E-state index contributed by atoms with van der Waals surface area (Å²) >= 11 is 0. The van der Waals surface area contributed by atoms with Crippen molar-refractivity contribution in [3.05, 3.63) is 76.6 Å². The van der Waals surface area contributed by atoms with Crippen LogP contribution in [0.2, 0.25) is 0 Å². The van der Waals surface area contributed by atoms with Gasteiger partial charge in [0, 0.05) is 11.4 Å². The average Bonchev–Trinajstić information content (AvgIpc) is 2.69. The second-order valence-corrected chi connectivity index (χ2v) is 6.65. The molecular formula is C22H22N4O3. The SMILES string of the molecule is COC(=O)c1ccccc1NC(=O)c1cc(C)nc(Nc2ccc(C)cc2C)n1. The molecule has 29 heavy (non-hydrogen) atoms. The lowest BCUT2D eigenvalue weighted by Gasteiger charge is -2.12. The summed E-state index contributed by atoms with van der Waals surface area (Å²) in [4.78, 5) is 33.4. The number of rotatable bonds is 5. The van der Waals surface area contributed by atoms with Gasteiger partial charge in [-0.25, -0.2) is 14.8 Å². The van der Waals surface area contributed by atoms with E-state index in [0.29, 0.717) is 17.3 Å². The topological polar surface area (TPSA) is 93.2 Å². The van der Waals surface area contributed by atoms with Crippen LogP contribution in [0.1, 0.15) is 37.7 Å². The molecule has 2 N–H and O–H groups in total. The number of para-hydroxylation sites is 1. The van der Waals surface area contributed by atoms with Gasteiger partial charge < -0.3 is 15.4 Å². The Labute approximate surface area is 169 Å². The van der Waals surface area contributed by atoms with Gasteiger partial charge in [0.25, 0.3) is 5.91 Å². The van der Waals surface area contributed by atoms with Gasteiger partial charge in [-0.2, -0.15) is 0 Å². The summed E-state index contributed by atoms with van der Waals surface area (Å²) in [5, 5.41) is 5.88. The van der Waals surface area contributed by atoms with Crippen LogP contribution in [0.3, 0.4) is 0 Å². The molecule has 0 radical (unpaired) electrons. The standard InChI is InChI=1S/C22H22N4O3/c1-13-9-10-17(14(2)11-13)25-22-23-15(3)12-19(26-22)20(27)24-18-8-6-5-7-16(18)21(28)29-4/h5-12H,1-4H3,(H,24,27)(H,23,25,26). The molecule has 0 saturated carbocycles. The minimum Gasteiger partial charge on any atom is -0.465 e. The quantitative estimate of drug-likeness (QED) is 0.635. The van der Waals surface area contributed by atoms with Crippen LogP contribution in [-0.2, 0) is 4.74 Å². The smallest absolute Gasteiger partial charge is 0.339 e. The lowest BCUT2D eigenvalue weighted by molar-refractivity contribution is 0.0602. The number of ether oxygens (including phenoxy) is 1. The Morgan fingerprint density at radius 3 is 2.41 bits per heavy atom. The third kappa shape index (κ3) is 4.76. The summed E-state index contributed by atoms with van der Waals surface area (Å²) in [5.41, 5.74) is 4.51. The van der Waals surface area contributed by atoms with Crippen molar-refractivity contribution in [3.8, 4) is 0 Å². The minimum atomic E-state index is -0.531. The second kappa shape index (κ2) is 8.52. The molecule has 0 fully saturated rings. The number of benzene rings is 2. The van der Waals surface area contributed by atoms with Gasteiger partial charge in [0.1, 0.15) is 5.69 Å².